The van der Waals surface area contributed by atoms with Crippen molar-refractivity contribution in [2.24, 2.45) is 5.92 Å². The van der Waals surface area contributed by atoms with Gasteiger partial charge >= 0.3 is 0 Å². The predicted molar refractivity (Wildman–Crippen MR) is 90.2 cm³/mol. The molecule has 2 aliphatic heterocycles. The van der Waals surface area contributed by atoms with Gasteiger partial charge in [0.25, 0.3) is 0 Å². The number of benzene rings is 1. The highest BCUT2D eigenvalue weighted by atomic mass is 35.5. The predicted octanol–water partition coefficient (Wildman–Crippen LogP) is 3.43. The lowest BCUT2D eigenvalue weighted by Gasteiger charge is -2.40. The Morgan fingerprint density at radius 2 is 2.27 bits per heavy atom. The lowest BCUT2D eigenvalue weighted by atomic mass is 9.88. The maximum atomic E-state index is 11.5. The Kier molecular flexibility index (Phi) is 5.04. The molecule has 22 heavy (non-hydrogen) atoms. The minimum Gasteiger partial charge on any atom is -0.356 e. The maximum absolute atomic E-state index is 11.5. The van der Waals surface area contributed by atoms with Crippen LogP contribution in [-0.2, 0) is 4.79 Å². The summed E-state index contributed by atoms with van der Waals surface area (Å²) in [5, 5.41) is 3.81. The molecule has 1 aromatic rings. The van der Waals surface area contributed by atoms with Gasteiger partial charge in [0, 0.05) is 36.5 Å². The molecular formula is C18H25ClN2O. The van der Waals surface area contributed by atoms with Crippen LogP contribution >= 0.6 is 11.6 Å². The molecule has 0 saturated carbocycles. The zero-order valence-electron chi connectivity index (χ0n) is 13.2. The molecule has 3 unspecified atom stereocenters. The molecule has 2 heterocycles. The zero-order chi connectivity index (χ0) is 15.5. The van der Waals surface area contributed by atoms with E-state index >= 15 is 0 Å². The topological polar surface area (TPSA) is 32.3 Å². The molecule has 3 nitrogen and oxygen atoms in total. The number of likely N-dealkylation sites (tertiary alicyclic amines) is 1. The summed E-state index contributed by atoms with van der Waals surface area (Å²) in [5.41, 5.74) is 1.30. The molecule has 4 heteroatoms. The fraction of sp³-hybridized carbons (Fsp3) is 0.611. The number of piperidine rings is 1. The first-order valence-electron chi connectivity index (χ1n) is 8.39. The molecule has 3 atom stereocenters. The van der Waals surface area contributed by atoms with Gasteiger partial charge in [-0.2, -0.15) is 0 Å². The van der Waals surface area contributed by atoms with Crippen molar-refractivity contribution in [2.75, 3.05) is 19.6 Å². The Labute approximate surface area is 138 Å². The second-order valence-corrected chi connectivity index (χ2v) is 7.22. The van der Waals surface area contributed by atoms with Crippen LogP contribution in [0.15, 0.2) is 24.3 Å². The fourth-order valence-corrected chi connectivity index (χ4v) is 4.15. The summed E-state index contributed by atoms with van der Waals surface area (Å²) in [5.74, 6) is 1.17. The number of hydrogen-bond donors (Lipinski definition) is 1. The van der Waals surface area contributed by atoms with Gasteiger partial charge in [0.2, 0.25) is 5.91 Å². The molecule has 1 aromatic carbocycles. The highest BCUT2D eigenvalue weighted by Gasteiger charge is 2.34. The molecule has 1 N–H and O–H groups in total. The smallest absolute Gasteiger partial charge is 0.220 e. The summed E-state index contributed by atoms with van der Waals surface area (Å²) >= 11 is 6.12. The third-order valence-electron chi connectivity index (χ3n) is 5.14. The van der Waals surface area contributed by atoms with Gasteiger partial charge in [0.1, 0.15) is 0 Å². The maximum Gasteiger partial charge on any atom is 0.220 e. The van der Waals surface area contributed by atoms with Gasteiger partial charge in [0.05, 0.1) is 0 Å². The molecular weight excluding hydrogens is 296 g/mol. The number of halogens is 1. The van der Waals surface area contributed by atoms with Crippen molar-refractivity contribution in [3.8, 4) is 0 Å². The van der Waals surface area contributed by atoms with E-state index in [1.54, 1.807) is 0 Å². The van der Waals surface area contributed by atoms with Gasteiger partial charge in [-0.1, -0.05) is 37.1 Å². The average Bonchev–Trinajstić information content (AvgIpc) is 2.94. The van der Waals surface area contributed by atoms with Gasteiger partial charge in [-0.05, 0) is 43.0 Å². The van der Waals surface area contributed by atoms with Crippen molar-refractivity contribution < 1.29 is 4.79 Å². The van der Waals surface area contributed by atoms with E-state index in [9.17, 15) is 4.79 Å². The van der Waals surface area contributed by atoms with Crippen LogP contribution in [0.5, 0.6) is 0 Å². The van der Waals surface area contributed by atoms with Gasteiger partial charge in [-0.15, -0.1) is 0 Å². The zero-order valence-corrected chi connectivity index (χ0v) is 14.0. The molecule has 0 aliphatic carbocycles. The molecule has 2 saturated heterocycles. The van der Waals surface area contributed by atoms with Crippen molar-refractivity contribution in [3.05, 3.63) is 34.9 Å². The summed E-state index contributed by atoms with van der Waals surface area (Å²) in [6.45, 7) is 5.33. The van der Waals surface area contributed by atoms with Crippen molar-refractivity contribution in [3.63, 3.8) is 0 Å². The second kappa shape index (κ2) is 7.01. The van der Waals surface area contributed by atoms with Crippen LogP contribution in [0, 0.1) is 5.92 Å². The SMILES string of the molecule is CC(CN1CCCCC1C1CNC(=O)C1)c1cccc(Cl)c1. The van der Waals surface area contributed by atoms with Crippen molar-refractivity contribution in [2.45, 2.75) is 44.6 Å². The molecule has 0 spiro atoms. The first kappa shape index (κ1) is 15.8. The van der Waals surface area contributed by atoms with E-state index in [0.29, 0.717) is 24.3 Å². The Morgan fingerprint density at radius 3 is 3.00 bits per heavy atom. The summed E-state index contributed by atoms with van der Waals surface area (Å²) in [7, 11) is 0. The molecule has 120 valence electrons. The molecule has 2 aliphatic rings. The van der Waals surface area contributed by atoms with E-state index < -0.39 is 0 Å². The lowest BCUT2D eigenvalue weighted by molar-refractivity contribution is -0.119. The van der Waals surface area contributed by atoms with E-state index in [-0.39, 0.29) is 5.91 Å². The molecule has 0 aromatic heterocycles. The normalized spacial score (nSPS) is 27.6. The minimum absolute atomic E-state index is 0.221. The standard InChI is InChI=1S/C18H25ClN2O/c1-13(14-5-4-6-16(19)9-14)12-21-8-3-2-7-17(21)15-10-18(22)20-11-15/h4-6,9,13,15,17H,2-3,7-8,10-12H2,1H3,(H,20,22). The molecule has 0 radical (unpaired) electrons. The summed E-state index contributed by atoms with van der Waals surface area (Å²) in [4.78, 5) is 14.2. The molecule has 0 bridgehead atoms. The monoisotopic (exact) mass is 320 g/mol. The van der Waals surface area contributed by atoms with Crippen LogP contribution in [0.2, 0.25) is 5.02 Å². The highest BCUT2D eigenvalue weighted by molar-refractivity contribution is 6.30. The number of hydrogen-bond acceptors (Lipinski definition) is 2. The fourth-order valence-electron chi connectivity index (χ4n) is 3.95. The summed E-state index contributed by atoms with van der Waals surface area (Å²) in [6.07, 6.45) is 4.48. The number of carbonyl (C=O) groups is 1. The Hall–Kier alpha value is -1.06. The Balaban J connectivity index is 1.67. The van der Waals surface area contributed by atoms with Crippen LogP contribution in [-0.4, -0.2) is 36.5 Å². The van der Waals surface area contributed by atoms with Crippen LogP contribution < -0.4 is 5.32 Å². The number of rotatable bonds is 4. The number of amides is 1. The van der Waals surface area contributed by atoms with Crippen LogP contribution in [0.3, 0.4) is 0 Å². The van der Waals surface area contributed by atoms with E-state index in [0.717, 1.165) is 24.7 Å². The summed E-state index contributed by atoms with van der Waals surface area (Å²) in [6, 6.07) is 8.75. The van der Waals surface area contributed by atoms with E-state index in [1.807, 2.05) is 12.1 Å². The Morgan fingerprint density at radius 1 is 1.41 bits per heavy atom. The van der Waals surface area contributed by atoms with E-state index in [2.05, 4.69) is 29.3 Å². The lowest BCUT2D eigenvalue weighted by Crippen LogP contribution is -2.46. The third-order valence-corrected chi connectivity index (χ3v) is 5.38. The van der Waals surface area contributed by atoms with E-state index in [1.165, 1.54) is 24.8 Å². The van der Waals surface area contributed by atoms with Crippen molar-refractivity contribution in [1.29, 1.82) is 0 Å². The van der Waals surface area contributed by atoms with Crippen LogP contribution in [0.25, 0.3) is 0 Å². The number of carbonyl (C=O) groups excluding carboxylic acids is 1. The largest absolute Gasteiger partial charge is 0.356 e. The van der Waals surface area contributed by atoms with Crippen molar-refractivity contribution >= 4 is 17.5 Å². The molecule has 1 amide bonds. The first-order valence-corrected chi connectivity index (χ1v) is 8.77. The quantitative estimate of drug-likeness (QED) is 0.921. The number of nitrogens with zero attached hydrogens (tertiary/aromatic N) is 1. The van der Waals surface area contributed by atoms with Gasteiger partial charge in [-0.25, -0.2) is 0 Å². The van der Waals surface area contributed by atoms with Crippen LogP contribution in [0.1, 0.15) is 44.1 Å². The van der Waals surface area contributed by atoms with Crippen molar-refractivity contribution in [1.82, 2.24) is 10.2 Å². The van der Waals surface area contributed by atoms with Gasteiger partial charge in [-0.3, -0.25) is 9.69 Å². The summed E-state index contributed by atoms with van der Waals surface area (Å²) < 4.78 is 0. The minimum atomic E-state index is 0.221. The Bertz CT molecular complexity index is 534. The van der Waals surface area contributed by atoms with E-state index in [4.69, 9.17) is 11.6 Å². The molecule has 2 fully saturated rings. The van der Waals surface area contributed by atoms with Gasteiger partial charge in [0.15, 0.2) is 0 Å². The first-order chi connectivity index (χ1) is 10.6. The second-order valence-electron chi connectivity index (χ2n) is 6.78. The molecule has 3 rings (SSSR count). The number of nitrogens with one attached hydrogen (secondary N) is 1. The van der Waals surface area contributed by atoms with Crippen LogP contribution in [0.4, 0.5) is 0 Å². The highest BCUT2D eigenvalue weighted by Crippen LogP contribution is 2.30. The average molecular weight is 321 g/mol. The third kappa shape index (κ3) is 3.64. The van der Waals surface area contributed by atoms with Gasteiger partial charge < -0.3 is 5.32 Å².